The van der Waals surface area contributed by atoms with E-state index in [1.165, 1.54) is 4.90 Å². The number of aliphatic carboxylic acids is 1. The molecule has 1 aliphatic heterocycles. The maximum absolute atomic E-state index is 12.1. The molecule has 0 spiro atoms. The summed E-state index contributed by atoms with van der Waals surface area (Å²) in [6, 6.07) is -0.953. The van der Waals surface area contributed by atoms with E-state index in [0.29, 0.717) is 11.7 Å². The van der Waals surface area contributed by atoms with E-state index >= 15 is 0 Å². The number of likely N-dealkylation sites (tertiary alicyclic amines) is 1. The molecule has 1 aromatic rings. The molecule has 1 fully saturated rings. The van der Waals surface area contributed by atoms with Gasteiger partial charge >= 0.3 is 5.97 Å². The molecule has 1 saturated heterocycles. The Balaban J connectivity index is 1.90. The number of carboxylic acids is 1. The number of carbonyl (C=O) groups excluding carboxylic acids is 1. The summed E-state index contributed by atoms with van der Waals surface area (Å²) in [6.07, 6.45) is 1.27. The fourth-order valence-electron chi connectivity index (χ4n) is 2.40. The van der Waals surface area contributed by atoms with Crippen molar-refractivity contribution in [3.63, 3.8) is 0 Å². The van der Waals surface area contributed by atoms with Crippen LogP contribution in [-0.4, -0.2) is 55.8 Å². The molecule has 21 heavy (non-hydrogen) atoms. The van der Waals surface area contributed by atoms with Crippen molar-refractivity contribution in [1.82, 2.24) is 15.0 Å². The third kappa shape index (κ3) is 3.78. The number of β-amino-alcohol motifs (C(OH)–C–C–N with tert-alkyl or cyclic N) is 1. The predicted molar refractivity (Wildman–Crippen MR) is 70.4 cm³/mol. The number of hydrogen-bond donors (Lipinski definition) is 2. The fraction of sp³-hybridized carbons (Fsp3) is 0.692. The average molecular weight is 297 g/mol. The largest absolute Gasteiger partial charge is 0.480 e. The number of carbonyl (C=O) groups is 2. The van der Waals surface area contributed by atoms with Gasteiger partial charge in [0.05, 0.1) is 6.10 Å². The zero-order valence-corrected chi connectivity index (χ0v) is 11.9. The van der Waals surface area contributed by atoms with E-state index in [9.17, 15) is 14.7 Å². The van der Waals surface area contributed by atoms with Crippen molar-refractivity contribution in [3.05, 3.63) is 11.7 Å². The van der Waals surface area contributed by atoms with Crippen LogP contribution in [0, 0.1) is 0 Å². The molecule has 8 heteroatoms. The summed E-state index contributed by atoms with van der Waals surface area (Å²) >= 11 is 0. The minimum Gasteiger partial charge on any atom is -0.480 e. The van der Waals surface area contributed by atoms with E-state index in [2.05, 4.69) is 10.1 Å². The molecule has 2 heterocycles. The van der Waals surface area contributed by atoms with E-state index < -0.39 is 18.1 Å². The summed E-state index contributed by atoms with van der Waals surface area (Å²) in [5.74, 6) is -0.435. The van der Waals surface area contributed by atoms with Gasteiger partial charge in [0.15, 0.2) is 5.82 Å². The van der Waals surface area contributed by atoms with Gasteiger partial charge in [-0.1, -0.05) is 12.1 Å². The van der Waals surface area contributed by atoms with Gasteiger partial charge in [-0.3, -0.25) is 4.79 Å². The third-order valence-corrected chi connectivity index (χ3v) is 3.42. The summed E-state index contributed by atoms with van der Waals surface area (Å²) < 4.78 is 5.03. The molecule has 0 saturated carbocycles. The Morgan fingerprint density at radius 1 is 1.43 bits per heavy atom. The highest BCUT2D eigenvalue weighted by atomic mass is 16.5. The predicted octanol–water partition coefficient (Wildman–Crippen LogP) is 0.00110. The second-order valence-corrected chi connectivity index (χ2v) is 5.14. The lowest BCUT2D eigenvalue weighted by atomic mass is 10.2. The topological polar surface area (TPSA) is 117 Å². The van der Waals surface area contributed by atoms with Crippen LogP contribution < -0.4 is 0 Å². The monoisotopic (exact) mass is 297 g/mol. The van der Waals surface area contributed by atoms with Crippen molar-refractivity contribution in [2.45, 2.75) is 51.2 Å². The van der Waals surface area contributed by atoms with Crippen molar-refractivity contribution < 1.29 is 24.3 Å². The molecule has 1 aliphatic rings. The van der Waals surface area contributed by atoms with Gasteiger partial charge in [0.1, 0.15) is 6.04 Å². The number of aliphatic hydroxyl groups is 1. The Labute approximate surface area is 121 Å². The van der Waals surface area contributed by atoms with Gasteiger partial charge in [0.2, 0.25) is 11.8 Å². The summed E-state index contributed by atoms with van der Waals surface area (Å²) in [6.45, 7) is 2.06. The maximum atomic E-state index is 12.1. The van der Waals surface area contributed by atoms with Crippen molar-refractivity contribution >= 4 is 11.9 Å². The molecule has 1 amide bonds. The van der Waals surface area contributed by atoms with Gasteiger partial charge in [-0.2, -0.15) is 4.98 Å². The molecule has 2 rings (SSSR count). The zero-order chi connectivity index (χ0) is 15.4. The minimum atomic E-state index is -1.09. The molecule has 2 atom stereocenters. The molecular weight excluding hydrogens is 278 g/mol. The van der Waals surface area contributed by atoms with Crippen LogP contribution in [0.5, 0.6) is 0 Å². The van der Waals surface area contributed by atoms with E-state index in [1.807, 2.05) is 6.92 Å². The summed E-state index contributed by atoms with van der Waals surface area (Å²) in [5.41, 5.74) is 0. The van der Waals surface area contributed by atoms with Gasteiger partial charge in [0.25, 0.3) is 0 Å². The number of aromatic nitrogens is 2. The van der Waals surface area contributed by atoms with Crippen molar-refractivity contribution in [1.29, 1.82) is 0 Å². The first-order chi connectivity index (χ1) is 10.0. The average Bonchev–Trinajstić information content (AvgIpc) is 3.03. The Bertz CT molecular complexity index is 516. The number of nitrogens with zero attached hydrogens (tertiary/aromatic N) is 3. The van der Waals surface area contributed by atoms with Gasteiger partial charge < -0.3 is 19.6 Å². The Morgan fingerprint density at radius 3 is 2.86 bits per heavy atom. The lowest BCUT2D eigenvalue weighted by molar-refractivity contribution is -0.148. The van der Waals surface area contributed by atoms with Crippen LogP contribution in [0.4, 0.5) is 0 Å². The lowest BCUT2D eigenvalue weighted by Crippen LogP contribution is -2.40. The SMILES string of the molecule is CCCc1noc(CCC(=O)N2CC(O)CC2C(=O)O)n1. The number of hydrogen-bond acceptors (Lipinski definition) is 6. The standard InChI is InChI=1S/C13H19N3O5/c1-2-3-10-14-11(21-15-10)4-5-12(18)16-7-8(17)6-9(16)13(19)20/h8-9,17H,2-7H2,1H3,(H,19,20). The van der Waals surface area contributed by atoms with E-state index in [1.54, 1.807) is 0 Å². The number of aliphatic hydroxyl groups excluding tert-OH is 1. The summed E-state index contributed by atoms with van der Waals surface area (Å²) in [4.78, 5) is 28.5. The fourth-order valence-corrected chi connectivity index (χ4v) is 2.40. The smallest absolute Gasteiger partial charge is 0.326 e. The minimum absolute atomic E-state index is 0.0563. The zero-order valence-electron chi connectivity index (χ0n) is 11.9. The first kappa shape index (κ1) is 15.4. The van der Waals surface area contributed by atoms with Crippen molar-refractivity contribution in [3.8, 4) is 0 Å². The normalized spacial score (nSPS) is 21.7. The van der Waals surface area contributed by atoms with Crippen molar-refractivity contribution in [2.75, 3.05) is 6.54 Å². The van der Waals surface area contributed by atoms with Gasteiger partial charge in [-0.05, 0) is 6.42 Å². The second-order valence-electron chi connectivity index (χ2n) is 5.14. The van der Waals surface area contributed by atoms with E-state index in [-0.39, 0.29) is 31.7 Å². The lowest BCUT2D eigenvalue weighted by Gasteiger charge is -2.20. The third-order valence-electron chi connectivity index (χ3n) is 3.42. The van der Waals surface area contributed by atoms with Crippen LogP contribution >= 0.6 is 0 Å². The second kappa shape index (κ2) is 6.66. The molecule has 0 aliphatic carbocycles. The van der Waals surface area contributed by atoms with Crippen LogP contribution in [0.2, 0.25) is 0 Å². The van der Waals surface area contributed by atoms with E-state index in [4.69, 9.17) is 9.63 Å². The van der Waals surface area contributed by atoms with Crippen LogP contribution in [0.25, 0.3) is 0 Å². The Kier molecular flexibility index (Phi) is 4.89. The number of rotatable bonds is 6. The van der Waals surface area contributed by atoms with Crippen LogP contribution in [0.15, 0.2) is 4.52 Å². The first-order valence-electron chi connectivity index (χ1n) is 7.03. The van der Waals surface area contributed by atoms with Crippen LogP contribution in [0.3, 0.4) is 0 Å². The first-order valence-corrected chi connectivity index (χ1v) is 7.03. The molecule has 116 valence electrons. The quantitative estimate of drug-likeness (QED) is 0.759. The maximum Gasteiger partial charge on any atom is 0.326 e. The summed E-state index contributed by atoms with van der Waals surface area (Å²) in [7, 11) is 0. The van der Waals surface area contributed by atoms with Gasteiger partial charge in [-0.25, -0.2) is 4.79 Å². The molecule has 2 unspecified atom stereocenters. The molecule has 0 bridgehead atoms. The molecule has 8 nitrogen and oxygen atoms in total. The Morgan fingerprint density at radius 2 is 2.19 bits per heavy atom. The van der Waals surface area contributed by atoms with E-state index in [0.717, 1.165) is 12.8 Å². The molecule has 0 radical (unpaired) electrons. The number of aryl methyl sites for hydroxylation is 2. The summed E-state index contributed by atoms with van der Waals surface area (Å²) in [5, 5.41) is 22.4. The molecule has 2 N–H and O–H groups in total. The van der Waals surface area contributed by atoms with Gasteiger partial charge in [-0.15, -0.1) is 0 Å². The highest BCUT2D eigenvalue weighted by Gasteiger charge is 2.38. The number of carboxylic acid groups (broad SMARTS) is 1. The van der Waals surface area contributed by atoms with Crippen LogP contribution in [0.1, 0.15) is 37.9 Å². The molecular formula is C13H19N3O5. The van der Waals surface area contributed by atoms with Crippen LogP contribution in [-0.2, 0) is 22.4 Å². The highest BCUT2D eigenvalue weighted by molar-refractivity contribution is 5.84. The molecule has 1 aromatic heterocycles. The Hall–Kier alpha value is -1.96. The highest BCUT2D eigenvalue weighted by Crippen LogP contribution is 2.19. The number of amides is 1. The van der Waals surface area contributed by atoms with Gasteiger partial charge in [0, 0.05) is 32.2 Å². The molecule has 0 aromatic carbocycles. The van der Waals surface area contributed by atoms with Crippen molar-refractivity contribution in [2.24, 2.45) is 0 Å².